The third kappa shape index (κ3) is 37.1. The maximum Gasteiger partial charge on any atom is 0.306 e. The zero-order valence-corrected chi connectivity index (χ0v) is 42.3. The predicted octanol–water partition coefficient (Wildman–Crippen LogP) is 14.3. The van der Waals surface area contributed by atoms with Gasteiger partial charge in [-0.3, -0.25) is 14.3 Å². The first-order chi connectivity index (χ1) is 29.7. The van der Waals surface area contributed by atoms with Gasteiger partial charge in [0.2, 0.25) is 0 Å². The molecule has 1 rings (SSSR count). The Balaban J connectivity index is 2.36. The average Bonchev–Trinajstić information content (AvgIpc) is 3.60. The Kier molecular flexibility index (Phi) is 39.9. The second-order valence-electron chi connectivity index (χ2n) is 18.6. The van der Waals surface area contributed by atoms with Gasteiger partial charge in [0.15, 0.2) is 9.84 Å². The summed E-state index contributed by atoms with van der Waals surface area (Å²) in [6.45, 7) is 13.0. The second kappa shape index (κ2) is 41.8. The first-order valence-corrected chi connectivity index (χ1v) is 29.1. The van der Waals surface area contributed by atoms with E-state index < -0.39 is 9.84 Å². The minimum Gasteiger partial charge on any atom is -0.462 e. The molecule has 0 amide bonds. The molecule has 0 aromatic carbocycles. The van der Waals surface area contributed by atoms with Gasteiger partial charge >= 0.3 is 11.9 Å². The van der Waals surface area contributed by atoms with Crippen molar-refractivity contribution in [1.82, 2.24) is 9.62 Å². The number of sulfone groups is 1. The molecular formula is C51H100N2O6S2. The molecule has 61 heavy (non-hydrogen) atoms. The van der Waals surface area contributed by atoms with E-state index in [4.69, 9.17) is 9.47 Å². The van der Waals surface area contributed by atoms with Crippen LogP contribution in [0.3, 0.4) is 0 Å². The number of nitrogens with one attached hydrogen (secondary N) is 1. The molecule has 1 aliphatic rings. The van der Waals surface area contributed by atoms with E-state index in [2.05, 4.69) is 37.3 Å². The molecule has 0 bridgehead atoms. The van der Waals surface area contributed by atoms with Crippen LogP contribution in [0, 0.1) is 0 Å². The lowest BCUT2D eigenvalue weighted by molar-refractivity contribution is -0.150. The Labute approximate surface area is 383 Å². The minimum absolute atomic E-state index is 0.0123. The summed E-state index contributed by atoms with van der Waals surface area (Å²) in [5.41, 5.74) is 0. The Morgan fingerprint density at radius 2 is 0.934 bits per heavy atom. The smallest absolute Gasteiger partial charge is 0.306 e. The molecule has 2 atom stereocenters. The Bertz CT molecular complexity index is 1090. The highest BCUT2D eigenvalue weighted by atomic mass is 32.2. The fraction of sp³-hybridized carbons (Fsp3) is 0.961. The zero-order chi connectivity index (χ0) is 44.5. The molecule has 2 unspecified atom stereocenters. The number of ether oxygens (including phenoxy) is 2. The van der Waals surface area contributed by atoms with Crippen molar-refractivity contribution >= 4 is 33.7 Å². The summed E-state index contributed by atoms with van der Waals surface area (Å²) in [5.74, 6) is 0.623. The molecule has 0 saturated carbocycles. The number of esters is 2. The quantitative estimate of drug-likeness (QED) is 0.0363. The van der Waals surface area contributed by atoms with Gasteiger partial charge in [0.1, 0.15) is 12.2 Å². The first-order valence-electron chi connectivity index (χ1n) is 26.4. The fourth-order valence-corrected chi connectivity index (χ4v) is 11.9. The number of unbranched alkanes of at least 4 members (excludes halogenated alkanes) is 23. The fourth-order valence-electron chi connectivity index (χ4n) is 8.57. The molecule has 1 N–H and O–H groups in total. The highest BCUT2D eigenvalue weighted by Crippen LogP contribution is 2.22. The molecule has 1 fully saturated rings. The van der Waals surface area contributed by atoms with E-state index >= 15 is 0 Å². The maximum absolute atomic E-state index is 12.9. The summed E-state index contributed by atoms with van der Waals surface area (Å²) in [6.07, 6.45) is 41.0. The van der Waals surface area contributed by atoms with Crippen LogP contribution in [0.25, 0.3) is 0 Å². The van der Waals surface area contributed by atoms with Gasteiger partial charge in [-0.15, -0.1) is 0 Å². The molecule has 1 saturated heterocycles. The summed E-state index contributed by atoms with van der Waals surface area (Å²) in [4.78, 5) is 28.0. The molecule has 0 aliphatic carbocycles. The standard InChI is InChI=1S/C51H100N2O6S2/c1-5-9-12-15-20-27-35-47(8-4)58-50(54)38-30-23-18-25-32-42-53(44-34-41-52-60-49-40-45-61(56,57)46-49)43-33-26-19-24-31-39-51(55)59-48(36-28-21-16-13-10-6-2)37-29-22-17-14-11-7-3/h47-49,52H,5-46H2,1-4H3. The lowest BCUT2D eigenvalue weighted by atomic mass is 10.0. The Morgan fingerprint density at radius 3 is 1.38 bits per heavy atom. The van der Waals surface area contributed by atoms with Gasteiger partial charge in [-0.1, -0.05) is 174 Å². The third-order valence-electron chi connectivity index (χ3n) is 12.6. The summed E-state index contributed by atoms with van der Waals surface area (Å²) in [5, 5.41) is 0.180. The highest BCUT2D eigenvalue weighted by Gasteiger charge is 2.28. The summed E-state index contributed by atoms with van der Waals surface area (Å²) >= 11 is 1.61. The number of rotatable bonds is 46. The van der Waals surface area contributed by atoms with Gasteiger partial charge in [0.05, 0.1) is 11.5 Å². The van der Waals surface area contributed by atoms with E-state index in [0.717, 1.165) is 110 Å². The summed E-state index contributed by atoms with van der Waals surface area (Å²) in [7, 11) is -2.84. The van der Waals surface area contributed by atoms with Gasteiger partial charge in [-0.05, 0) is 103 Å². The van der Waals surface area contributed by atoms with E-state index in [-0.39, 0.29) is 29.4 Å². The molecule has 1 heterocycles. The molecule has 0 aromatic rings. The molecule has 1 aliphatic heterocycles. The predicted molar refractivity (Wildman–Crippen MR) is 263 cm³/mol. The van der Waals surface area contributed by atoms with Crippen LogP contribution >= 0.6 is 11.9 Å². The van der Waals surface area contributed by atoms with Crippen molar-refractivity contribution in [3.8, 4) is 0 Å². The number of carbonyl (C=O) groups excluding carboxylic acids is 2. The van der Waals surface area contributed by atoms with E-state index in [0.29, 0.717) is 24.3 Å². The van der Waals surface area contributed by atoms with Crippen LogP contribution in [0.5, 0.6) is 0 Å². The average molecular weight is 902 g/mol. The normalized spacial score (nSPS) is 15.5. The number of hydrogen-bond acceptors (Lipinski definition) is 9. The lowest BCUT2D eigenvalue weighted by Gasteiger charge is -2.22. The van der Waals surface area contributed by atoms with Crippen molar-refractivity contribution in [2.75, 3.05) is 37.7 Å². The molecule has 8 nitrogen and oxygen atoms in total. The number of carbonyl (C=O) groups is 2. The van der Waals surface area contributed by atoms with Gasteiger partial charge < -0.3 is 14.4 Å². The number of nitrogens with zero attached hydrogens (tertiary/aromatic N) is 1. The minimum atomic E-state index is -2.84. The van der Waals surface area contributed by atoms with Crippen molar-refractivity contribution in [2.45, 2.75) is 276 Å². The number of hydrogen-bond donors (Lipinski definition) is 1. The van der Waals surface area contributed by atoms with Crippen molar-refractivity contribution in [2.24, 2.45) is 0 Å². The van der Waals surface area contributed by atoms with Crippen molar-refractivity contribution < 1.29 is 27.5 Å². The third-order valence-corrected chi connectivity index (χ3v) is 15.7. The van der Waals surface area contributed by atoms with Crippen molar-refractivity contribution in [3.05, 3.63) is 0 Å². The molecule has 362 valence electrons. The van der Waals surface area contributed by atoms with E-state index in [9.17, 15) is 18.0 Å². The van der Waals surface area contributed by atoms with Crippen LogP contribution in [0.2, 0.25) is 0 Å². The Morgan fingerprint density at radius 1 is 0.541 bits per heavy atom. The van der Waals surface area contributed by atoms with Crippen LogP contribution in [0.4, 0.5) is 0 Å². The zero-order valence-electron chi connectivity index (χ0n) is 40.6. The van der Waals surface area contributed by atoms with Crippen LogP contribution < -0.4 is 4.72 Å². The van der Waals surface area contributed by atoms with Crippen molar-refractivity contribution in [3.63, 3.8) is 0 Å². The SMILES string of the molecule is CCCCCCCCC(CC)OC(=O)CCCCCCCN(CCCCCCCC(=O)OC(CCCCCCCC)CCCCCCCC)CCCNSC1CCS(=O)(=O)C1. The van der Waals surface area contributed by atoms with E-state index in [1.165, 1.54) is 135 Å². The Hall–Kier alpha value is -0.840. The van der Waals surface area contributed by atoms with Crippen LogP contribution in [0.15, 0.2) is 0 Å². The molecule has 0 radical (unpaired) electrons. The summed E-state index contributed by atoms with van der Waals surface area (Å²) in [6, 6.07) is 0. The van der Waals surface area contributed by atoms with Crippen LogP contribution in [-0.4, -0.2) is 80.4 Å². The molecular weight excluding hydrogens is 801 g/mol. The second-order valence-corrected chi connectivity index (χ2v) is 22.0. The lowest BCUT2D eigenvalue weighted by Crippen LogP contribution is -2.29. The first kappa shape index (κ1) is 58.2. The van der Waals surface area contributed by atoms with Crippen LogP contribution in [0.1, 0.15) is 259 Å². The van der Waals surface area contributed by atoms with Gasteiger partial charge in [0.25, 0.3) is 0 Å². The van der Waals surface area contributed by atoms with E-state index in [1.54, 1.807) is 11.9 Å². The monoisotopic (exact) mass is 901 g/mol. The van der Waals surface area contributed by atoms with Crippen molar-refractivity contribution in [1.29, 1.82) is 0 Å². The van der Waals surface area contributed by atoms with E-state index in [1.807, 2.05) is 0 Å². The molecule has 0 aromatic heterocycles. The largest absolute Gasteiger partial charge is 0.462 e. The highest BCUT2D eigenvalue weighted by molar-refractivity contribution is 8.00. The topological polar surface area (TPSA) is 102 Å². The summed E-state index contributed by atoms with van der Waals surface area (Å²) < 4.78 is 39.0. The van der Waals surface area contributed by atoms with Gasteiger partial charge in [-0.25, -0.2) is 8.42 Å². The molecule has 0 spiro atoms. The molecule has 10 heteroatoms. The van der Waals surface area contributed by atoms with Crippen LogP contribution in [-0.2, 0) is 28.9 Å². The van der Waals surface area contributed by atoms with Gasteiger partial charge in [0, 0.05) is 24.6 Å². The maximum atomic E-state index is 12.9. The van der Waals surface area contributed by atoms with Gasteiger partial charge in [-0.2, -0.15) is 0 Å².